The lowest BCUT2D eigenvalue weighted by molar-refractivity contribution is -0.256. The number of alkyl halides is 2. The maximum absolute atomic E-state index is 14.2. The molecular weight excluding hydrogens is 318 g/mol. The van der Waals surface area contributed by atoms with Gasteiger partial charge in [-0.1, -0.05) is 51.5 Å². The molecule has 2 aliphatic carbocycles. The van der Waals surface area contributed by atoms with E-state index in [1.165, 1.54) is 38.5 Å². The maximum Gasteiger partial charge on any atom is 0.356 e. The molecule has 0 heterocycles. The average Bonchev–Trinajstić information content (AvgIpc) is 2.62. The number of allylic oxidation sites excluding steroid dienone is 1. The molecule has 0 atom stereocenters. The highest BCUT2D eigenvalue weighted by Gasteiger charge is 2.36. The van der Waals surface area contributed by atoms with Gasteiger partial charge in [0.25, 0.3) is 0 Å². The van der Waals surface area contributed by atoms with E-state index >= 15 is 0 Å². The lowest BCUT2D eigenvalue weighted by Gasteiger charge is -2.32. The Morgan fingerprint density at radius 2 is 1.52 bits per heavy atom. The minimum absolute atomic E-state index is 0.0940. The van der Waals surface area contributed by atoms with Crippen LogP contribution in [0, 0.1) is 23.7 Å². The summed E-state index contributed by atoms with van der Waals surface area (Å²) in [5.74, 6) is 1.80. The lowest BCUT2D eigenvalue weighted by Crippen LogP contribution is -2.30. The Balaban J connectivity index is 1.61. The highest BCUT2D eigenvalue weighted by Crippen LogP contribution is 2.38. The zero-order valence-corrected chi connectivity index (χ0v) is 16.2. The third-order valence-corrected chi connectivity index (χ3v) is 6.46. The maximum atomic E-state index is 14.2. The molecule has 0 unspecified atom stereocenters. The van der Waals surface area contributed by atoms with E-state index in [9.17, 15) is 8.78 Å². The van der Waals surface area contributed by atoms with Crippen LogP contribution in [0.1, 0.15) is 90.4 Å². The molecule has 2 rings (SSSR count). The second-order valence-corrected chi connectivity index (χ2v) is 8.55. The predicted octanol–water partition coefficient (Wildman–Crippen LogP) is 7.37. The first-order valence-electron chi connectivity index (χ1n) is 10.7. The summed E-state index contributed by atoms with van der Waals surface area (Å²) < 4.78 is 33.5. The van der Waals surface area contributed by atoms with Gasteiger partial charge in [0.2, 0.25) is 0 Å². The summed E-state index contributed by atoms with van der Waals surface area (Å²) in [7, 11) is 0. The largest absolute Gasteiger partial charge is 0.356 e. The summed E-state index contributed by atoms with van der Waals surface area (Å²) in [4.78, 5) is 0. The Kier molecular flexibility index (Phi) is 8.89. The lowest BCUT2D eigenvalue weighted by atomic mass is 9.80. The predicted molar refractivity (Wildman–Crippen MR) is 101 cm³/mol. The summed E-state index contributed by atoms with van der Waals surface area (Å²) in [5.41, 5.74) is 0. The second-order valence-electron chi connectivity index (χ2n) is 8.55. The molecule has 0 aliphatic heterocycles. The standard InChI is InChI=1S/C22H38F2O/c1-3-5-6-7-19-10-14-21(15-11-19)17-25-22(23,24)16-20-12-8-18(4-2)9-13-20/h4,18-21H,2-3,5-17H2,1H3. The number of unbranched alkanes of at least 4 members (excludes halogenated alkanes) is 2. The van der Waals surface area contributed by atoms with Gasteiger partial charge in [-0.05, 0) is 62.2 Å². The van der Waals surface area contributed by atoms with Gasteiger partial charge in [-0.25, -0.2) is 0 Å². The van der Waals surface area contributed by atoms with Gasteiger partial charge >= 0.3 is 6.11 Å². The Labute approximate surface area is 153 Å². The van der Waals surface area contributed by atoms with E-state index in [0.717, 1.165) is 44.4 Å². The molecule has 2 saturated carbocycles. The molecule has 25 heavy (non-hydrogen) atoms. The van der Waals surface area contributed by atoms with Crippen molar-refractivity contribution in [1.29, 1.82) is 0 Å². The van der Waals surface area contributed by atoms with Crippen LogP contribution in [0.3, 0.4) is 0 Å². The highest BCUT2D eigenvalue weighted by molar-refractivity contribution is 4.84. The molecule has 3 heteroatoms. The summed E-state index contributed by atoms with van der Waals surface area (Å²) in [5, 5.41) is 0. The summed E-state index contributed by atoms with van der Waals surface area (Å²) >= 11 is 0. The average molecular weight is 357 g/mol. The molecule has 146 valence electrons. The fourth-order valence-corrected chi connectivity index (χ4v) is 4.63. The molecular formula is C22H38F2O. The Bertz CT molecular complexity index is 366. The Morgan fingerprint density at radius 1 is 0.920 bits per heavy atom. The van der Waals surface area contributed by atoms with Gasteiger partial charge in [-0.2, -0.15) is 8.78 Å². The van der Waals surface area contributed by atoms with Gasteiger partial charge in [0.15, 0.2) is 0 Å². The molecule has 2 fully saturated rings. The zero-order valence-electron chi connectivity index (χ0n) is 16.2. The molecule has 0 bridgehead atoms. The van der Waals surface area contributed by atoms with E-state index in [1.807, 2.05) is 6.08 Å². The van der Waals surface area contributed by atoms with E-state index in [0.29, 0.717) is 11.8 Å². The van der Waals surface area contributed by atoms with Crippen molar-refractivity contribution in [3.63, 3.8) is 0 Å². The number of hydrogen-bond donors (Lipinski definition) is 0. The van der Waals surface area contributed by atoms with E-state index in [4.69, 9.17) is 4.74 Å². The summed E-state index contributed by atoms with van der Waals surface area (Å²) in [6.45, 7) is 6.30. The van der Waals surface area contributed by atoms with Crippen molar-refractivity contribution in [1.82, 2.24) is 0 Å². The molecule has 0 N–H and O–H groups in total. The number of halogens is 2. The van der Waals surface area contributed by atoms with Gasteiger partial charge in [0, 0.05) is 6.42 Å². The molecule has 0 radical (unpaired) electrons. The normalized spacial score (nSPS) is 31.0. The van der Waals surface area contributed by atoms with Crippen LogP contribution < -0.4 is 0 Å². The van der Waals surface area contributed by atoms with Crippen molar-refractivity contribution < 1.29 is 13.5 Å². The Morgan fingerprint density at radius 3 is 2.12 bits per heavy atom. The van der Waals surface area contributed by atoms with Crippen LogP contribution >= 0.6 is 0 Å². The van der Waals surface area contributed by atoms with Crippen molar-refractivity contribution in [2.75, 3.05) is 6.61 Å². The van der Waals surface area contributed by atoms with Crippen LogP contribution in [0.4, 0.5) is 8.78 Å². The monoisotopic (exact) mass is 356 g/mol. The molecule has 1 nitrogen and oxygen atoms in total. The Hall–Kier alpha value is -0.440. The van der Waals surface area contributed by atoms with E-state index in [1.54, 1.807) is 0 Å². The van der Waals surface area contributed by atoms with Crippen molar-refractivity contribution >= 4 is 0 Å². The first-order chi connectivity index (χ1) is 12.0. The minimum atomic E-state index is -2.94. The molecule has 0 spiro atoms. The fourth-order valence-electron chi connectivity index (χ4n) is 4.63. The number of rotatable bonds is 10. The van der Waals surface area contributed by atoms with Crippen molar-refractivity contribution in [2.45, 2.75) is 96.5 Å². The van der Waals surface area contributed by atoms with Crippen LogP contribution in [-0.2, 0) is 4.74 Å². The van der Waals surface area contributed by atoms with Crippen LogP contribution in [0.15, 0.2) is 12.7 Å². The van der Waals surface area contributed by atoms with Gasteiger partial charge in [0.1, 0.15) is 0 Å². The van der Waals surface area contributed by atoms with Crippen molar-refractivity contribution in [3.05, 3.63) is 12.7 Å². The minimum Gasteiger partial charge on any atom is -0.320 e. The van der Waals surface area contributed by atoms with Crippen molar-refractivity contribution in [3.8, 4) is 0 Å². The molecule has 0 aromatic carbocycles. The quantitative estimate of drug-likeness (QED) is 0.293. The van der Waals surface area contributed by atoms with Crippen LogP contribution in [0.25, 0.3) is 0 Å². The molecule has 0 amide bonds. The SMILES string of the molecule is C=CC1CCC(CC(F)(F)OCC2CCC(CCCCC)CC2)CC1. The van der Waals surface area contributed by atoms with Gasteiger partial charge in [0.05, 0.1) is 6.61 Å². The van der Waals surface area contributed by atoms with Crippen molar-refractivity contribution in [2.24, 2.45) is 23.7 Å². The van der Waals surface area contributed by atoms with E-state index < -0.39 is 6.11 Å². The third-order valence-electron chi connectivity index (χ3n) is 6.46. The second kappa shape index (κ2) is 10.6. The highest BCUT2D eigenvalue weighted by atomic mass is 19.3. The molecule has 2 aliphatic rings. The first kappa shape index (κ1) is 20.9. The van der Waals surface area contributed by atoms with Crippen LogP contribution in [0.2, 0.25) is 0 Å². The van der Waals surface area contributed by atoms with Crippen LogP contribution in [0.5, 0.6) is 0 Å². The van der Waals surface area contributed by atoms with Gasteiger partial charge < -0.3 is 4.74 Å². The number of ether oxygens (including phenoxy) is 1. The summed E-state index contributed by atoms with van der Waals surface area (Å²) in [6, 6.07) is 0. The zero-order chi connectivity index (χ0) is 18.1. The third kappa shape index (κ3) is 7.76. The van der Waals surface area contributed by atoms with Gasteiger partial charge in [-0.15, -0.1) is 6.58 Å². The fraction of sp³-hybridized carbons (Fsp3) is 0.909. The molecule has 0 saturated heterocycles. The van der Waals surface area contributed by atoms with E-state index in [2.05, 4.69) is 13.5 Å². The van der Waals surface area contributed by atoms with E-state index in [-0.39, 0.29) is 18.9 Å². The first-order valence-corrected chi connectivity index (χ1v) is 10.7. The number of hydrogen-bond acceptors (Lipinski definition) is 1. The van der Waals surface area contributed by atoms with Crippen LogP contribution in [-0.4, -0.2) is 12.7 Å². The smallest absolute Gasteiger partial charge is 0.320 e. The molecule has 0 aromatic heterocycles. The topological polar surface area (TPSA) is 9.23 Å². The summed E-state index contributed by atoms with van der Waals surface area (Å²) in [6.07, 6.45) is 12.5. The molecule has 0 aromatic rings. The van der Waals surface area contributed by atoms with Gasteiger partial charge in [-0.3, -0.25) is 0 Å².